The van der Waals surface area contributed by atoms with E-state index in [0.29, 0.717) is 22.6 Å². The molecule has 2 aromatic carbocycles. The molecule has 5 heteroatoms. The Balaban J connectivity index is 2.21. The topological polar surface area (TPSA) is 83.1 Å². The number of nitrogens with zero attached hydrogens (tertiary/aromatic N) is 2. The lowest BCUT2D eigenvalue weighted by atomic mass is 10.1. The molecule has 0 fully saturated rings. The van der Waals surface area contributed by atoms with Crippen LogP contribution in [0, 0.1) is 22.7 Å². The van der Waals surface area contributed by atoms with Gasteiger partial charge in [0.15, 0.2) is 0 Å². The van der Waals surface area contributed by atoms with Crippen molar-refractivity contribution in [1.29, 1.82) is 10.5 Å². The molecule has 0 spiro atoms. The van der Waals surface area contributed by atoms with Crippen LogP contribution in [0.1, 0.15) is 21.5 Å². The molecule has 102 valence electrons. The van der Waals surface area contributed by atoms with E-state index >= 15 is 0 Å². The first kappa shape index (κ1) is 14.1. The van der Waals surface area contributed by atoms with Crippen molar-refractivity contribution in [3.63, 3.8) is 0 Å². The van der Waals surface area contributed by atoms with Gasteiger partial charge in [0, 0.05) is 0 Å². The average molecular weight is 278 g/mol. The van der Waals surface area contributed by atoms with Gasteiger partial charge in [0.1, 0.15) is 23.6 Å². The summed E-state index contributed by atoms with van der Waals surface area (Å²) in [7, 11) is 1.31. The van der Waals surface area contributed by atoms with Gasteiger partial charge < -0.3 is 9.47 Å². The highest BCUT2D eigenvalue weighted by molar-refractivity contribution is 5.89. The van der Waals surface area contributed by atoms with Crippen molar-refractivity contribution in [2.24, 2.45) is 0 Å². The first-order chi connectivity index (χ1) is 10.2. The van der Waals surface area contributed by atoms with Crippen LogP contribution in [0.4, 0.5) is 0 Å². The molecule has 0 bridgehead atoms. The van der Waals surface area contributed by atoms with Gasteiger partial charge in [-0.2, -0.15) is 10.5 Å². The van der Waals surface area contributed by atoms with Gasteiger partial charge >= 0.3 is 5.97 Å². The van der Waals surface area contributed by atoms with E-state index < -0.39 is 5.97 Å². The first-order valence-electron chi connectivity index (χ1n) is 5.98. The van der Waals surface area contributed by atoms with Gasteiger partial charge in [-0.05, 0) is 42.5 Å². The third-order valence-corrected chi connectivity index (χ3v) is 2.74. The number of esters is 1. The fourth-order valence-electron chi connectivity index (χ4n) is 1.69. The van der Waals surface area contributed by atoms with Crippen molar-refractivity contribution >= 4 is 5.97 Å². The lowest BCUT2D eigenvalue weighted by molar-refractivity contribution is 0.0600. The Kier molecular flexibility index (Phi) is 4.18. The summed E-state index contributed by atoms with van der Waals surface area (Å²) in [5, 5.41) is 17.8. The van der Waals surface area contributed by atoms with E-state index in [2.05, 4.69) is 4.74 Å². The van der Waals surface area contributed by atoms with Gasteiger partial charge in [0.25, 0.3) is 0 Å². The molecule has 21 heavy (non-hydrogen) atoms. The molecule has 0 heterocycles. The zero-order valence-electron chi connectivity index (χ0n) is 11.2. The Hall–Kier alpha value is -3.31. The van der Waals surface area contributed by atoms with Crippen LogP contribution in [0.2, 0.25) is 0 Å². The standard InChI is InChI=1S/C16H10N2O3/c1-20-16(19)11-2-5-14(6-3-11)21-15-7-4-12(9-17)13(8-15)10-18/h2-8H,1H3. The Labute approximate surface area is 121 Å². The highest BCUT2D eigenvalue weighted by Crippen LogP contribution is 2.24. The maximum Gasteiger partial charge on any atom is 0.337 e. The van der Waals surface area contributed by atoms with Crippen molar-refractivity contribution in [2.45, 2.75) is 0 Å². The Bertz CT molecular complexity index is 753. The molecular formula is C16H10N2O3. The van der Waals surface area contributed by atoms with E-state index in [0.717, 1.165) is 0 Å². The van der Waals surface area contributed by atoms with Crippen LogP contribution in [0.3, 0.4) is 0 Å². The summed E-state index contributed by atoms with van der Waals surface area (Å²) in [6, 6.07) is 14.9. The Morgan fingerprint density at radius 1 is 0.952 bits per heavy atom. The second kappa shape index (κ2) is 6.23. The highest BCUT2D eigenvalue weighted by atomic mass is 16.5. The highest BCUT2D eigenvalue weighted by Gasteiger charge is 2.07. The summed E-state index contributed by atoms with van der Waals surface area (Å²) in [6.07, 6.45) is 0. The first-order valence-corrected chi connectivity index (χ1v) is 5.98. The SMILES string of the molecule is COC(=O)c1ccc(Oc2ccc(C#N)c(C#N)c2)cc1. The summed E-state index contributed by atoms with van der Waals surface area (Å²) in [6.45, 7) is 0. The second-order valence-corrected chi connectivity index (χ2v) is 4.05. The normalized spacial score (nSPS) is 9.29. The van der Waals surface area contributed by atoms with Crippen LogP contribution in [0.15, 0.2) is 42.5 Å². The van der Waals surface area contributed by atoms with Crippen molar-refractivity contribution < 1.29 is 14.3 Å². The van der Waals surface area contributed by atoms with E-state index in [-0.39, 0.29) is 5.56 Å². The molecule has 0 amide bonds. The van der Waals surface area contributed by atoms with Crippen molar-refractivity contribution in [3.8, 4) is 23.6 Å². The Morgan fingerprint density at radius 3 is 2.14 bits per heavy atom. The molecule has 0 unspecified atom stereocenters. The molecule has 0 aliphatic heterocycles. The number of nitriles is 2. The fraction of sp³-hybridized carbons (Fsp3) is 0.0625. The summed E-state index contributed by atoms with van der Waals surface area (Å²) in [4.78, 5) is 11.3. The van der Waals surface area contributed by atoms with Crippen LogP contribution in [-0.2, 0) is 4.74 Å². The maximum absolute atomic E-state index is 11.3. The molecule has 0 aliphatic rings. The monoisotopic (exact) mass is 278 g/mol. The lowest BCUT2D eigenvalue weighted by Crippen LogP contribution is -2.00. The largest absolute Gasteiger partial charge is 0.465 e. The minimum Gasteiger partial charge on any atom is -0.465 e. The number of rotatable bonds is 3. The van der Waals surface area contributed by atoms with E-state index in [4.69, 9.17) is 15.3 Å². The van der Waals surface area contributed by atoms with Gasteiger partial charge in [-0.1, -0.05) is 0 Å². The van der Waals surface area contributed by atoms with Crippen molar-refractivity contribution in [2.75, 3.05) is 7.11 Å². The summed E-state index contributed by atoms with van der Waals surface area (Å²) in [5.41, 5.74) is 0.967. The van der Waals surface area contributed by atoms with Gasteiger partial charge in [-0.25, -0.2) is 4.79 Å². The minimum atomic E-state index is -0.424. The van der Waals surface area contributed by atoms with Gasteiger partial charge in [0.05, 0.1) is 23.8 Å². The quantitative estimate of drug-likeness (QED) is 0.806. The number of hydrogen-bond donors (Lipinski definition) is 0. The van der Waals surface area contributed by atoms with Crippen LogP contribution in [-0.4, -0.2) is 13.1 Å². The Morgan fingerprint density at radius 2 is 1.57 bits per heavy atom. The molecule has 0 saturated heterocycles. The number of hydrogen-bond acceptors (Lipinski definition) is 5. The smallest absolute Gasteiger partial charge is 0.337 e. The fourth-order valence-corrected chi connectivity index (χ4v) is 1.69. The predicted molar refractivity (Wildman–Crippen MR) is 73.7 cm³/mol. The summed E-state index contributed by atoms with van der Waals surface area (Å²) < 4.78 is 10.2. The molecule has 0 saturated carbocycles. The van der Waals surface area contributed by atoms with Crippen LogP contribution < -0.4 is 4.74 Å². The third kappa shape index (κ3) is 3.17. The van der Waals surface area contributed by atoms with Crippen LogP contribution in [0.5, 0.6) is 11.5 Å². The van der Waals surface area contributed by atoms with Crippen molar-refractivity contribution in [3.05, 3.63) is 59.2 Å². The van der Waals surface area contributed by atoms with Gasteiger partial charge in [-0.3, -0.25) is 0 Å². The van der Waals surface area contributed by atoms with E-state index in [9.17, 15) is 4.79 Å². The molecule has 0 N–H and O–H groups in total. The lowest BCUT2D eigenvalue weighted by Gasteiger charge is -2.07. The molecule has 0 radical (unpaired) electrons. The molecule has 0 aromatic heterocycles. The molecule has 2 rings (SSSR count). The number of benzene rings is 2. The maximum atomic E-state index is 11.3. The molecular weight excluding hydrogens is 268 g/mol. The van der Waals surface area contributed by atoms with Crippen LogP contribution in [0.25, 0.3) is 0 Å². The zero-order valence-corrected chi connectivity index (χ0v) is 11.2. The van der Waals surface area contributed by atoms with E-state index in [1.165, 1.54) is 19.2 Å². The average Bonchev–Trinajstić information content (AvgIpc) is 2.54. The predicted octanol–water partition coefficient (Wildman–Crippen LogP) is 3.01. The van der Waals surface area contributed by atoms with Crippen molar-refractivity contribution in [1.82, 2.24) is 0 Å². The molecule has 2 aromatic rings. The second-order valence-electron chi connectivity index (χ2n) is 4.05. The third-order valence-electron chi connectivity index (χ3n) is 2.74. The molecule has 0 aliphatic carbocycles. The van der Waals surface area contributed by atoms with E-state index in [1.54, 1.807) is 30.3 Å². The zero-order chi connectivity index (χ0) is 15.2. The number of methoxy groups -OCH3 is 1. The molecule has 5 nitrogen and oxygen atoms in total. The minimum absolute atomic E-state index is 0.251. The summed E-state index contributed by atoms with van der Waals surface area (Å²) >= 11 is 0. The number of ether oxygens (including phenoxy) is 2. The molecule has 0 atom stereocenters. The number of carbonyl (C=O) groups is 1. The number of carbonyl (C=O) groups excluding carboxylic acids is 1. The van der Waals surface area contributed by atoms with Gasteiger partial charge in [0.2, 0.25) is 0 Å². The van der Waals surface area contributed by atoms with Gasteiger partial charge in [-0.15, -0.1) is 0 Å². The summed E-state index contributed by atoms with van der Waals surface area (Å²) in [5.74, 6) is 0.527. The van der Waals surface area contributed by atoms with E-state index in [1.807, 2.05) is 12.1 Å². The van der Waals surface area contributed by atoms with Crippen LogP contribution >= 0.6 is 0 Å².